The van der Waals surface area contributed by atoms with Crippen LogP contribution in [0.3, 0.4) is 0 Å². The molecule has 1 aliphatic rings. The van der Waals surface area contributed by atoms with Crippen LogP contribution < -0.4 is 0 Å². The molecule has 1 unspecified atom stereocenters. The monoisotopic (exact) mass is 330 g/mol. The van der Waals surface area contributed by atoms with Gasteiger partial charge in [-0.15, -0.1) is 0 Å². The van der Waals surface area contributed by atoms with Crippen LogP contribution in [0.2, 0.25) is 0 Å². The topological polar surface area (TPSA) is 66.0 Å². The molecule has 0 aliphatic carbocycles. The lowest BCUT2D eigenvalue weighted by Gasteiger charge is -2.14. The third kappa shape index (κ3) is 3.10. The van der Waals surface area contributed by atoms with Crippen LogP contribution in [0.25, 0.3) is 0 Å². The summed E-state index contributed by atoms with van der Waals surface area (Å²) in [4.78, 5) is 4.25. The second-order valence-electron chi connectivity index (χ2n) is 5.59. The number of hydrogen-bond acceptors (Lipinski definition) is 5. The maximum atomic E-state index is 13.1. The van der Waals surface area contributed by atoms with E-state index in [4.69, 9.17) is 9.26 Å². The van der Waals surface area contributed by atoms with Gasteiger partial charge in [0.15, 0.2) is 11.5 Å². The van der Waals surface area contributed by atoms with E-state index in [-0.39, 0.29) is 30.5 Å². The first-order chi connectivity index (χ1) is 10.9. The van der Waals surface area contributed by atoms with Crippen molar-refractivity contribution < 1.29 is 22.4 Å². The molecular formula is C14H17F3N4O2. The van der Waals surface area contributed by atoms with Crippen LogP contribution in [0.1, 0.15) is 54.9 Å². The molecule has 0 saturated heterocycles. The molecule has 3 heterocycles. The van der Waals surface area contributed by atoms with Crippen LogP contribution in [0, 0.1) is 0 Å². The van der Waals surface area contributed by atoms with Crippen molar-refractivity contribution >= 4 is 0 Å². The minimum absolute atomic E-state index is 0.0296. The lowest BCUT2D eigenvalue weighted by molar-refractivity contribution is -0.142. The number of alkyl halides is 3. The molecule has 0 bridgehead atoms. The molecule has 1 atom stereocenters. The average Bonchev–Trinajstić information content (AvgIpc) is 3.12. The van der Waals surface area contributed by atoms with Crippen LogP contribution in [0.15, 0.2) is 4.52 Å². The first kappa shape index (κ1) is 16.0. The van der Waals surface area contributed by atoms with E-state index in [0.29, 0.717) is 24.5 Å². The van der Waals surface area contributed by atoms with Gasteiger partial charge in [0.25, 0.3) is 0 Å². The Labute approximate surface area is 130 Å². The van der Waals surface area contributed by atoms with Crippen molar-refractivity contribution in [3.05, 3.63) is 28.7 Å². The zero-order valence-electron chi connectivity index (χ0n) is 12.9. The van der Waals surface area contributed by atoms with Gasteiger partial charge >= 0.3 is 6.18 Å². The summed E-state index contributed by atoms with van der Waals surface area (Å²) in [5.74, 6) is 0.951. The Morgan fingerprint density at radius 3 is 2.83 bits per heavy atom. The Hall–Kier alpha value is -1.90. The van der Waals surface area contributed by atoms with Gasteiger partial charge in [-0.3, -0.25) is 4.68 Å². The summed E-state index contributed by atoms with van der Waals surface area (Å²) < 4.78 is 50.9. The van der Waals surface area contributed by atoms with Crippen LogP contribution in [0.4, 0.5) is 13.2 Å². The Morgan fingerprint density at radius 2 is 2.13 bits per heavy atom. The van der Waals surface area contributed by atoms with E-state index in [1.807, 2.05) is 13.8 Å². The molecule has 0 saturated carbocycles. The highest BCUT2D eigenvalue weighted by molar-refractivity contribution is 5.29. The van der Waals surface area contributed by atoms with Crippen molar-refractivity contribution in [2.24, 2.45) is 0 Å². The van der Waals surface area contributed by atoms with Gasteiger partial charge in [0.2, 0.25) is 5.89 Å². The highest BCUT2D eigenvalue weighted by Crippen LogP contribution is 2.34. The number of hydrogen-bond donors (Lipinski definition) is 0. The first-order valence-electron chi connectivity index (χ1n) is 7.46. The number of ether oxygens (including phenoxy) is 1. The number of fused-ring (bicyclic) bond motifs is 1. The van der Waals surface area contributed by atoms with Gasteiger partial charge in [-0.25, -0.2) is 0 Å². The van der Waals surface area contributed by atoms with E-state index in [9.17, 15) is 13.2 Å². The van der Waals surface area contributed by atoms with E-state index < -0.39 is 11.9 Å². The minimum atomic E-state index is -4.51. The zero-order chi connectivity index (χ0) is 16.6. The molecule has 23 heavy (non-hydrogen) atoms. The second kappa shape index (κ2) is 5.95. The summed E-state index contributed by atoms with van der Waals surface area (Å²) in [6.07, 6.45) is -3.27. The standard InChI is InChI=1S/C14H17F3N4O2/c1-3-8(2)13-18-11(23-20-13)6-21-10-4-5-22-7-9(10)12(19-21)14(15,16)17/h8H,3-7H2,1-2H3. The summed E-state index contributed by atoms with van der Waals surface area (Å²) in [5, 5.41) is 7.59. The molecule has 3 rings (SSSR count). The first-order valence-corrected chi connectivity index (χ1v) is 7.46. The fourth-order valence-corrected chi connectivity index (χ4v) is 2.51. The maximum Gasteiger partial charge on any atom is 0.435 e. The molecule has 6 nitrogen and oxygen atoms in total. The fourth-order valence-electron chi connectivity index (χ4n) is 2.51. The van der Waals surface area contributed by atoms with Crippen molar-refractivity contribution in [2.75, 3.05) is 6.61 Å². The van der Waals surface area contributed by atoms with Crippen molar-refractivity contribution in [1.29, 1.82) is 0 Å². The summed E-state index contributed by atoms with van der Waals surface area (Å²) in [6.45, 7) is 4.29. The molecule has 9 heteroatoms. The highest BCUT2D eigenvalue weighted by atomic mass is 19.4. The van der Waals surface area contributed by atoms with Gasteiger partial charge < -0.3 is 9.26 Å². The lowest BCUT2D eigenvalue weighted by Crippen LogP contribution is -2.15. The second-order valence-corrected chi connectivity index (χ2v) is 5.59. The van der Waals surface area contributed by atoms with Crippen LogP contribution in [-0.4, -0.2) is 26.5 Å². The van der Waals surface area contributed by atoms with Crippen molar-refractivity contribution in [3.63, 3.8) is 0 Å². The quantitative estimate of drug-likeness (QED) is 0.862. The predicted molar refractivity (Wildman–Crippen MR) is 72.7 cm³/mol. The SMILES string of the molecule is CCC(C)c1noc(Cn2nc(C(F)(F)F)c3c2CCOC3)n1. The smallest absolute Gasteiger partial charge is 0.376 e. The molecule has 0 aromatic carbocycles. The van der Waals surface area contributed by atoms with Crippen molar-refractivity contribution in [2.45, 2.75) is 51.9 Å². The van der Waals surface area contributed by atoms with Gasteiger partial charge in [-0.05, 0) is 6.42 Å². The normalized spacial score (nSPS) is 16.4. The molecule has 0 N–H and O–H groups in total. The molecule has 2 aromatic heterocycles. The fraction of sp³-hybridized carbons (Fsp3) is 0.643. The molecular weight excluding hydrogens is 313 g/mol. The van der Waals surface area contributed by atoms with E-state index in [0.717, 1.165) is 6.42 Å². The summed E-state index contributed by atoms with van der Waals surface area (Å²) in [7, 11) is 0. The van der Waals surface area contributed by atoms with Gasteiger partial charge in [0, 0.05) is 23.6 Å². The van der Waals surface area contributed by atoms with Gasteiger partial charge in [-0.2, -0.15) is 23.3 Å². The summed E-state index contributed by atoms with van der Waals surface area (Å²) in [6, 6.07) is 0. The maximum absolute atomic E-state index is 13.1. The highest BCUT2D eigenvalue weighted by Gasteiger charge is 2.40. The number of nitrogens with zero attached hydrogens (tertiary/aromatic N) is 4. The lowest BCUT2D eigenvalue weighted by atomic mass is 10.1. The van der Waals surface area contributed by atoms with Crippen LogP contribution >= 0.6 is 0 Å². The van der Waals surface area contributed by atoms with Crippen LogP contribution in [-0.2, 0) is 30.5 Å². The molecule has 2 aromatic rings. The summed E-state index contributed by atoms with van der Waals surface area (Å²) >= 11 is 0. The Balaban J connectivity index is 1.91. The Bertz CT molecular complexity index is 693. The third-order valence-electron chi connectivity index (χ3n) is 3.99. The number of aromatic nitrogens is 4. The Kier molecular flexibility index (Phi) is 4.13. The molecule has 1 aliphatic heterocycles. The number of rotatable bonds is 4. The van der Waals surface area contributed by atoms with Gasteiger partial charge in [0.1, 0.15) is 6.54 Å². The molecule has 126 valence electrons. The number of halogens is 3. The molecule has 0 spiro atoms. The average molecular weight is 330 g/mol. The Morgan fingerprint density at radius 1 is 1.35 bits per heavy atom. The molecule has 0 radical (unpaired) electrons. The minimum Gasteiger partial charge on any atom is -0.376 e. The largest absolute Gasteiger partial charge is 0.435 e. The zero-order valence-corrected chi connectivity index (χ0v) is 12.9. The van der Waals surface area contributed by atoms with E-state index >= 15 is 0 Å². The van der Waals surface area contributed by atoms with Gasteiger partial charge in [-0.1, -0.05) is 19.0 Å². The predicted octanol–water partition coefficient (Wildman–Crippen LogP) is 2.92. The molecule has 0 amide bonds. The van der Waals surface area contributed by atoms with Crippen molar-refractivity contribution in [1.82, 2.24) is 19.9 Å². The van der Waals surface area contributed by atoms with Gasteiger partial charge in [0.05, 0.1) is 13.2 Å². The summed E-state index contributed by atoms with van der Waals surface area (Å²) in [5.41, 5.74) is -0.272. The van der Waals surface area contributed by atoms with Crippen LogP contribution in [0.5, 0.6) is 0 Å². The van der Waals surface area contributed by atoms with E-state index in [2.05, 4.69) is 15.2 Å². The van der Waals surface area contributed by atoms with E-state index in [1.165, 1.54) is 4.68 Å². The van der Waals surface area contributed by atoms with E-state index in [1.54, 1.807) is 0 Å². The third-order valence-corrected chi connectivity index (χ3v) is 3.99. The molecule has 0 fully saturated rings. The van der Waals surface area contributed by atoms with Crippen molar-refractivity contribution in [3.8, 4) is 0 Å².